The number of carbonyl (C=O) groups is 1. The van der Waals surface area contributed by atoms with E-state index in [-0.39, 0.29) is 5.91 Å². The van der Waals surface area contributed by atoms with E-state index in [9.17, 15) is 4.79 Å². The van der Waals surface area contributed by atoms with Crippen LogP contribution < -0.4 is 10.2 Å². The van der Waals surface area contributed by atoms with Crippen LogP contribution in [0, 0.1) is 0 Å². The summed E-state index contributed by atoms with van der Waals surface area (Å²) in [4.78, 5) is 13.4. The van der Waals surface area contributed by atoms with Crippen LogP contribution in [0.1, 0.15) is 34.6 Å². The summed E-state index contributed by atoms with van der Waals surface area (Å²) in [5.74, 6) is -0.0391. The number of nitrogens with zero attached hydrogens (tertiary/aromatic N) is 1. The molecule has 0 aliphatic rings. The van der Waals surface area contributed by atoms with Gasteiger partial charge < -0.3 is 10.2 Å². The highest BCUT2D eigenvalue weighted by Gasteiger charge is 2.14. The molecule has 0 aliphatic heterocycles. The molecule has 0 saturated heterocycles. The van der Waals surface area contributed by atoms with Crippen LogP contribution in [-0.2, 0) is 4.79 Å². The molecule has 0 aliphatic carbocycles. The summed E-state index contributed by atoms with van der Waals surface area (Å²) in [6, 6.07) is 8.83. The number of amides is 1. The lowest BCUT2D eigenvalue weighted by Gasteiger charge is -2.33. The van der Waals surface area contributed by atoms with Gasteiger partial charge in [-0.3, -0.25) is 4.79 Å². The highest BCUT2D eigenvalue weighted by atomic mass is 16.1. The van der Waals surface area contributed by atoms with Crippen LogP contribution >= 0.6 is 0 Å². The molecule has 0 radical (unpaired) electrons. The molecule has 0 fully saturated rings. The van der Waals surface area contributed by atoms with E-state index in [2.05, 4.69) is 44.0 Å². The Balaban J connectivity index is 3.00. The third-order valence-corrected chi connectivity index (χ3v) is 2.58. The highest BCUT2D eigenvalue weighted by Crippen LogP contribution is 2.23. The number of benzene rings is 1. The molecule has 0 aromatic heterocycles. The first-order chi connectivity index (χ1) is 7.91. The molecule has 0 saturated carbocycles. The summed E-state index contributed by atoms with van der Waals surface area (Å²) < 4.78 is 0. The maximum absolute atomic E-state index is 11.0. The Morgan fingerprint density at radius 2 is 1.76 bits per heavy atom. The lowest BCUT2D eigenvalue weighted by molar-refractivity contribution is -0.114. The molecule has 0 spiro atoms. The zero-order valence-corrected chi connectivity index (χ0v) is 11.3. The molecule has 3 heteroatoms. The van der Waals surface area contributed by atoms with Gasteiger partial charge in [0.1, 0.15) is 0 Å². The SMILES string of the molecule is CC(=O)Nc1cccc(N(C(C)C)C(C)C)c1. The lowest BCUT2D eigenvalue weighted by Crippen LogP contribution is -2.36. The summed E-state index contributed by atoms with van der Waals surface area (Å²) in [5, 5.41) is 2.81. The Morgan fingerprint density at radius 3 is 2.24 bits per heavy atom. The van der Waals surface area contributed by atoms with Gasteiger partial charge in [-0.1, -0.05) is 6.07 Å². The average Bonchev–Trinajstić information content (AvgIpc) is 2.15. The molecule has 17 heavy (non-hydrogen) atoms. The molecule has 0 atom stereocenters. The summed E-state index contributed by atoms with van der Waals surface area (Å²) in [6.07, 6.45) is 0. The Morgan fingerprint density at radius 1 is 1.18 bits per heavy atom. The van der Waals surface area contributed by atoms with Gasteiger partial charge >= 0.3 is 0 Å². The van der Waals surface area contributed by atoms with Crippen molar-refractivity contribution in [3.63, 3.8) is 0 Å². The summed E-state index contributed by atoms with van der Waals surface area (Å²) in [5.41, 5.74) is 1.99. The van der Waals surface area contributed by atoms with Crippen molar-refractivity contribution in [1.82, 2.24) is 0 Å². The van der Waals surface area contributed by atoms with E-state index in [4.69, 9.17) is 0 Å². The minimum atomic E-state index is -0.0391. The van der Waals surface area contributed by atoms with E-state index in [1.54, 1.807) is 0 Å². The number of anilines is 2. The van der Waals surface area contributed by atoms with Gasteiger partial charge in [-0.15, -0.1) is 0 Å². The van der Waals surface area contributed by atoms with Crippen molar-refractivity contribution in [3.05, 3.63) is 24.3 Å². The van der Waals surface area contributed by atoms with E-state index in [0.29, 0.717) is 12.1 Å². The highest BCUT2D eigenvalue weighted by molar-refractivity contribution is 5.89. The number of rotatable bonds is 4. The summed E-state index contributed by atoms with van der Waals surface area (Å²) in [6.45, 7) is 10.2. The van der Waals surface area contributed by atoms with Crippen LogP contribution in [0.3, 0.4) is 0 Å². The molecule has 1 rings (SSSR count). The third kappa shape index (κ3) is 3.77. The van der Waals surface area contributed by atoms with E-state index >= 15 is 0 Å². The van der Waals surface area contributed by atoms with Crippen molar-refractivity contribution in [2.24, 2.45) is 0 Å². The Bertz CT molecular complexity index is 378. The van der Waals surface area contributed by atoms with Crippen molar-refractivity contribution >= 4 is 17.3 Å². The molecule has 94 valence electrons. The van der Waals surface area contributed by atoms with Crippen LogP contribution in [0.2, 0.25) is 0 Å². The predicted molar refractivity (Wildman–Crippen MR) is 73.5 cm³/mol. The lowest BCUT2D eigenvalue weighted by atomic mass is 10.1. The van der Waals surface area contributed by atoms with Crippen LogP contribution in [0.15, 0.2) is 24.3 Å². The van der Waals surface area contributed by atoms with Gasteiger partial charge in [0.15, 0.2) is 0 Å². The van der Waals surface area contributed by atoms with Crippen LogP contribution in [-0.4, -0.2) is 18.0 Å². The average molecular weight is 234 g/mol. The second-order valence-electron chi connectivity index (χ2n) is 4.83. The molecule has 0 unspecified atom stereocenters. The van der Waals surface area contributed by atoms with E-state index < -0.39 is 0 Å². The van der Waals surface area contributed by atoms with Gasteiger partial charge in [0.25, 0.3) is 0 Å². The maximum atomic E-state index is 11.0. The fraction of sp³-hybridized carbons (Fsp3) is 0.500. The first-order valence-corrected chi connectivity index (χ1v) is 6.07. The van der Waals surface area contributed by atoms with Gasteiger partial charge in [0.05, 0.1) is 0 Å². The zero-order chi connectivity index (χ0) is 13.0. The normalized spacial score (nSPS) is 10.8. The number of nitrogens with one attached hydrogen (secondary N) is 1. The van der Waals surface area contributed by atoms with E-state index in [0.717, 1.165) is 11.4 Å². The minimum absolute atomic E-state index is 0.0391. The van der Waals surface area contributed by atoms with Gasteiger partial charge in [0.2, 0.25) is 5.91 Å². The van der Waals surface area contributed by atoms with Gasteiger partial charge in [-0.2, -0.15) is 0 Å². The molecular formula is C14H22N2O. The van der Waals surface area contributed by atoms with Gasteiger partial charge in [0, 0.05) is 30.4 Å². The second-order valence-corrected chi connectivity index (χ2v) is 4.83. The molecule has 3 nitrogen and oxygen atoms in total. The maximum Gasteiger partial charge on any atom is 0.221 e. The molecule has 0 bridgehead atoms. The first-order valence-electron chi connectivity index (χ1n) is 6.07. The van der Waals surface area contributed by atoms with Crippen molar-refractivity contribution in [1.29, 1.82) is 0 Å². The Hall–Kier alpha value is -1.51. The van der Waals surface area contributed by atoms with E-state index in [1.165, 1.54) is 6.92 Å². The Labute approximate surface area is 104 Å². The smallest absolute Gasteiger partial charge is 0.221 e. The predicted octanol–water partition coefficient (Wildman–Crippen LogP) is 3.27. The van der Waals surface area contributed by atoms with Crippen LogP contribution in [0.4, 0.5) is 11.4 Å². The standard InChI is InChI=1S/C14H22N2O/c1-10(2)16(11(3)4)14-8-6-7-13(9-14)15-12(5)17/h6-11H,1-5H3,(H,15,17). The topological polar surface area (TPSA) is 32.3 Å². The van der Waals surface area contributed by atoms with Crippen molar-refractivity contribution in [3.8, 4) is 0 Å². The first kappa shape index (κ1) is 13.6. The van der Waals surface area contributed by atoms with Crippen molar-refractivity contribution in [2.45, 2.75) is 46.7 Å². The minimum Gasteiger partial charge on any atom is -0.367 e. The number of hydrogen-bond acceptors (Lipinski definition) is 2. The fourth-order valence-corrected chi connectivity index (χ4v) is 2.14. The monoisotopic (exact) mass is 234 g/mol. The molecular weight excluding hydrogens is 212 g/mol. The van der Waals surface area contributed by atoms with Crippen molar-refractivity contribution < 1.29 is 4.79 Å². The molecule has 1 amide bonds. The molecule has 1 aromatic rings. The molecule has 0 heterocycles. The Kier molecular flexibility index (Phi) is 4.55. The zero-order valence-electron chi connectivity index (χ0n) is 11.3. The molecule has 1 aromatic carbocycles. The number of carbonyl (C=O) groups excluding carboxylic acids is 1. The van der Waals surface area contributed by atoms with E-state index in [1.807, 2.05) is 18.2 Å². The van der Waals surface area contributed by atoms with Crippen molar-refractivity contribution in [2.75, 3.05) is 10.2 Å². The fourth-order valence-electron chi connectivity index (χ4n) is 2.14. The summed E-state index contributed by atoms with van der Waals surface area (Å²) >= 11 is 0. The van der Waals surface area contributed by atoms with Gasteiger partial charge in [-0.25, -0.2) is 0 Å². The van der Waals surface area contributed by atoms with Gasteiger partial charge in [-0.05, 0) is 45.9 Å². The quantitative estimate of drug-likeness (QED) is 0.867. The third-order valence-electron chi connectivity index (χ3n) is 2.58. The van der Waals surface area contributed by atoms with Crippen LogP contribution in [0.5, 0.6) is 0 Å². The summed E-state index contributed by atoms with van der Waals surface area (Å²) in [7, 11) is 0. The molecule has 1 N–H and O–H groups in total. The largest absolute Gasteiger partial charge is 0.367 e. The second kappa shape index (κ2) is 5.71. The number of hydrogen-bond donors (Lipinski definition) is 1. The van der Waals surface area contributed by atoms with Crippen LogP contribution in [0.25, 0.3) is 0 Å².